The lowest BCUT2D eigenvalue weighted by molar-refractivity contribution is 0.817. The van der Waals surface area contributed by atoms with E-state index in [1.54, 1.807) is 0 Å². The minimum absolute atomic E-state index is 0.650. The van der Waals surface area contributed by atoms with Gasteiger partial charge in [0, 0.05) is 30.2 Å². The molecule has 2 aromatic carbocycles. The molecule has 1 aliphatic rings. The first-order chi connectivity index (χ1) is 14.7. The topological polar surface area (TPSA) is 42.7 Å². The van der Waals surface area contributed by atoms with E-state index in [9.17, 15) is 0 Å². The van der Waals surface area contributed by atoms with E-state index < -0.39 is 0 Å². The molecule has 150 valence electrons. The van der Waals surface area contributed by atoms with Gasteiger partial charge in [0.25, 0.3) is 0 Å². The number of para-hydroxylation sites is 1. The Kier molecular flexibility index (Phi) is 4.62. The molecule has 0 saturated carbocycles. The van der Waals surface area contributed by atoms with Gasteiger partial charge >= 0.3 is 0 Å². The van der Waals surface area contributed by atoms with Crippen molar-refractivity contribution in [1.82, 2.24) is 14.5 Å². The van der Waals surface area contributed by atoms with Crippen LogP contribution in [0.1, 0.15) is 29.3 Å². The number of rotatable bonds is 4. The van der Waals surface area contributed by atoms with E-state index in [-0.39, 0.29) is 0 Å². The van der Waals surface area contributed by atoms with Gasteiger partial charge in [0.1, 0.15) is 0 Å². The Balaban J connectivity index is 1.68. The molecule has 1 aliphatic carbocycles. The quantitative estimate of drug-likeness (QED) is 0.471. The number of anilines is 2. The molecule has 5 rings (SSSR count). The molecule has 2 heterocycles. The second-order valence-corrected chi connectivity index (χ2v) is 7.93. The first kappa shape index (κ1) is 18.6. The number of hydrogen-bond acceptors (Lipinski definition) is 3. The minimum Gasteiger partial charge on any atom is -0.347 e. The van der Waals surface area contributed by atoms with Gasteiger partial charge in [0.2, 0.25) is 5.95 Å². The van der Waals surface area contributed by atoms with Crippen molar-refractivity contribution >= 4 is 11.6 Å². The Morgan fingerprint density at radius 3 is 2.53 bits per heavy atom. The monoisotopic (exact) mass is 394 g/mol. The molecule has 30 heavy (non-hydrogen) atoms. The summed E-state index contributed by atoms with van der Waals surface area (Å²) < 4.78 is 2.37. The number of aryl methyl sites for hydroxylation is 2. The average molecular weight is 395 g/mol. The molecule has 0 radical (unpaired) electrons. The Morgan fingerprint density at radius 2 is 1.77 bits per heavy atom. The molecule has 0 spiro atoms. The van der Waals surface area contributed by atoms with E-state index in [4.69, 9.17) is 4.98 Å². The minimum atomic E-state index is 0.650. The third-order valence-electron chi connectivity index (χ3n) is 6.15. The molecule has 4 nitrogen and oxygen atoms in total. The number of nitrogens with one attached hydrogen (secondary N) is 1. The Labute approximate surface area is 177 Å². The lowest BCUT2D eigenvalue weighted by Gasteiger charge is -2.19. The normalized spacial score (nSPS) is 12.4. The highest BCUT2D eigenvalue weighted by Crippen LogP contribution is 2.43. The molecule has 0 unspecified atom stereocenters. The van der Waals surface area contributed by atoms with Crippen LogP contribution in [0.15, 0.2) is 60.8 Å². The fraction of sp³-hybridized carbons (Fsp3) is 0.231. The zero-order valence-corrected chi connectivity index (χ0v) is 17.7. The van der Waals surface area contributed by atoms with E-state index in [1.165, 1.54) is 39.2 Å². The van der Waals surface area contributed by atoms with Crippen molar-refractivity contribution in [2.75, 3.05) is 5.32 Å². The Morgan fingerprint density at radius 1 is 1.00 bits per heavy atom. The Bertz CT molecular complexity index is 1220. The average Bonchev–Trinajstić information content (AvgIpc) is 3.07. The zero-order valence-electron chi connectivity index (χ0n) is 17.7. The molecule has 4 heteroatoms. The number of nitrogens with zero attached hydrogens (tertiary/aromatic N) is 3. The van der Waals surface area contributed by atoms with Gasteiger partial charge < -0.3 is 9.88 Å². The zero-order chi connectivity index (χ0) is 20.7. The number of hydrogen-bond donors (Lipinski definition) is 1. The van der Waals surface area contributed by atoms with Crippen LogP contribution in [0.2, 0.25) is 0 Å². The van der Waals surface area contributed by atoms with Gasteiger partial charge in [-0.1, -0.05) is 55.5 Å². The highest BCUT2D eigenvalue weighted by atomic mass is 15.1. The van der Waals surface area contributed by atoms with E-state index >= 15 is 0 Å². The van der Waals surface area contributed by atoms with E-state index in [0.29, 0.717) is 5.95 Å². The first-order valence-electron chi connectivity index (χ1n) is 10.6. The van der Waals surface area contributed by atoms with Crippen molar-refractivity contribution in [1.29, 1.82) is 0 Å². The molecular weight excluding hydrogens is 368 g/mol. The van der Waals surface area contributed by atoms with Crippen molar-refractivity contribution < 1.29 is 0 Å². The maximum atomic E-state index is 5.03. The molecule has 0 amide bonds. The van der Waals surface area contributed by atoms with Crippen LogP contribution in [0, 0.1) is 6.92 Å². The van der Waals surface area contributed by atoms with Gasteiger partial charge in [0.15, 0.2) is 0 Å². The summed E-state index contributed by atoms with van der Waals surface area (Å²) in [5, 5.41) is 3.42. The van der Waals surface area contributed by atoms with Gasteiger partial charge in [-0.25, -0.2) is 9.97 Å². The molecule has 0 bridgehead atoms. The summed E-state index contributed by atoms with van der Waals surface area (Å²) in [5.74, 6) is 0.650. The molecule has 0 atom stereocenters. The van der Waals surface area contributed by atoms with Gasteiger partial charge in [-0.2, -0.15) is 0 Å². The summed E-state index contributed by atoms with van der Waals surface area (Å²) in [6.07, 6.45) is 5.04. The first-order valence-corrected chi connectivity index (χ1v) is 10.6. The van der Waals surface area contributed by atoms with E-state index in [2.05, 4.69) is 78.2 Å². The van der Waals surface area contributed by atoms with Gasteiger partial charge in [0.05, 0.1) is 11.4 Å². The lowest BCUT2D eigenvalue weighted by atomic mass is 9.88. The van der Waals surface area contributed by atoms with Crippen molar-refractivity contribution in [3.8, 4) is 22.5 Å². The molecule has 0 aliphatic heterocycles. The summed E-state index contributed by atoms with van der Waals surface area (Å²) in [6.45, 7) is 4.34. The second-order valence-electron chi connectivity index (χ2n) is 7.93. The number of aromatic nitrogens is 3. The van der Waals surface area contributed by atoms with Crippen molar-refractivity contribution in [3.05, 3.63) is 83.2 Å². The van der Waals surface area contributed by atoms with E-state index in [0.717, 1.165) is 30.6 Å². The van der Waals surface area contributed by atoms with Crippen molar-refractivity contribution in [2.45, 2.75) is 33.1 Å². The van der Waals surface area contributed by atoms with Crippen LogP contribution in [0.25, 0.3) is 22.5 Å². The summed E-state index contributed by atoms with van der Waals surface area (Å²) in [4.78, 5) is 9.65. The van der Waals surface area contributed by atoms with Crippen LogP contribution in [0.5, 0.6) is 0 Å². The van der Waals surface area contributed by atoms with Gasteiger partial charge in [-0.3, -0.25) is 0 Å². The molecular formula is C26H26N4. The maximum Gasteiger partial charge on any atom is 0.227 e. The Hall–Kier alpha value is -3.40. The number of fused-ring (bicyclic) bond motifs is 3. The molecule has 2 aromatic heterocycles. The van der Waals surface area contributed by atoms with Crippen LogP contribution >= 0.6 is 0 Å². The summed E-state index contributed by atoms with van der Waals surface area (Å²) in [6, 6.07) is 18.9. The highest BCUT2D eigenvalue weighted by Gasteiger charge is 2.28. The van der Waals surface area contributed by atoms with Crippen molar-refractivity contribution in [2.24, 2.45) is 7.05 Å². The van der Waals surface area contributed by atoms with Crippen molar-refractivity contribution in [3.63, 3.8) is 0 Å². The SMILES string of the molecule is CCc1c2c(c(-c3ccccc3)n1C)-c1nc(Nc3ccccc3C)ncc1CC2. The smallest absolute Gasteiger partial charge is 0.227 e. The predicted molar refractivity (Wildman–Crippen MR) is 123 cm³/mol. The fourth-order valence-electron chi connectivity index (χ4n) is 4.66. The van der Waals surface area contributed by atoms with Gasteiger partial charge in [-0.05, 0) is 54.5 Å². The van der Waals surface area contributed by atoms with Crippen LogP contribution in [-0.4, -0.2) is 14.5 Å². The third-order valence-corrected chi connectivity index (χ3v) is 6.15. The van der Waals surface area contributed by atoms with Crippen LogP contribution < -0.4 is 5.32 Å². The van der Waals surface area contributed by atoms with Crippen LogP contribution in [-0.2, 0) is 26.3 Å². The number of benzene rings is 2. The van der Waals surface area contributed by atoms with E-state index in [1.807, 2.05) is 18.3 Å². The summed E-state index contributed by atoms with van der Waals surface area (Å²) in [7, 11) is 2.19. The maximum absolute atomic E-state index is 5.03. The van der Waals surface area contributed by atoms with Gasteiger partial charge in [-0.15, -0.1) is 0 Å². The molecule has 4 aromatic rings. The molecule has 0 saturated heterocycles. The fourth-order valence-corrected chi connectivity index (χ4v) is 4.66. The van der Waals surface area contributed by atoms with Crippen LogP contribution in [0.3, 0.4) is 0 Å². The standard InChI is InChI=1S/C26H26N4/c1-4-22-20-15-14-19-16-27-26(28-21-13-9-8-10-17(21)2)29-24(19)23(20)25(30(22)3)18-11-6-5-7-12-18/h5-13,16H,4,14-15H2,1-3H3,(H,27,28,29). The predicted octanol–water partition coefficient (Wildman–Crippen LogP) is 5.86. The van der Waals surface area contributed by atoms with Crippen LogP contribution in [0.4, 0.5) is 11.6 Å². The molecule has 0 fully saturated rings. The molecule has 1 N–H and O–H groups in total. The highest BCUT2D eigenvalue weighted by molar-refractivity contribution is 5.87. The second kappa shape index (κ2) is 7.45. The lowest BCUT2D eigenvalue weighted by Crippen LogP contribution is -2.09. The third kappa shape index (κ3) is 3.00. The largest absolute Gasteiger partial charge is 0.347 e. The summed E-state index contributed by atoms with van der Waals surface area (Å²) >= 11 is 0. The summed E-state index contributed by atoms with van der Waals surface area (Å²) in [5.41, 5.74) is 11.1.